The van der Waals surface area contributed by atoms with E-state index < -0.39 is 8.32 Å². The van der Waals surface area contributed by atoms with Crippen molar-refractivity contribution in [2.75, 3.05) is 132 Å². The maximum Gasteiger partial charge on any atom is 0.183 e. The SMILES string of the molecule is C[Si](C)(C)OCCOCCOCCOCCOCCOCCOCCOCCOCCOCCOc1ccc(C=O)cc1. The van der Waals surface area contributed by atoms with E-state index in [2.05, 4.69) is 19.6 Å². The van der Waals surface area contributed by atoms with Crippen molar-refractivity contribution in [1.82, 2.24) is 0 Å². The van der Waals surface area contributed by atoms with Gasteiger partial charge in [0.25, 0.3) is 0 Å². The van der Waals surface area contributed by atoms with E-state index in [1.165, 1.54) is 0 Å². The van der Waals surface area contributed by atoms with Crippen molar-refractivity contribution < 1.29 is 56.6 Å². The van der Waals surface area contributed by atoms with Crippen molar-refractivity contribution >= 4 is 14.6 Å². The van der Waals surface area contributed by atoms with Gasteiger partial charge < -0.3 is 51.8 Å². The van der Waals surface area contributed by atoms with Gasteiger partial charge in [-0.3, -0.25) is 4.79 Å². The molecule has 0 bridgehead atoms. The fourth-order valence-electron chi connectivity index (χ4n) is 3.13. The summed E-state index contributed by atoms with van der Waals surface area (Å²) in [5, 5.41) is 0. The molecule has 0 aliphatic carbocycles. The lowest BCUT2D eigenvalue weighted by Crippen LogP contribution is -2.27. The molecule has 0 aliphatic rings. The molecule has 43 heavy (non-hydrogen) atoms. The molecular formula is C30H54O12Si. The number of hydrogen-bond acceptors (Lipinski definition) is 12. The average Bonchev–Trinajstić information content (AvgIpc) is 2.99. The van der Waals surface area contributed by atoms with Crippen LogP contribution < -0.4 is 4.74 Å². The standard InChI is InChI=1S/C30H54O12Si/c1-43(2,3)42-27-25-40-23-21-38-19-17-36-15-13-34-11-9-32-8-10-33-12-14-35-16-18-37-20-22-39-24-26-41-30-6-4-29(28-31)5-7-30/h4-7,28H,8-27H2,1-3H3. The van der Waals surface area contributed by atoms with Crippen molar-refractivity contribution in [3.63, 3.8) is 0 Å². The van der Waals surface area contributed by atoms with Crippen LogP contribution in [0.1, 0.15) is 10.4 Å². The van der Waals surface area contributed by atoms with Gasteiger partial charge >= 0.3 is 0 Å². The Morgan fingerprint density at radius 2 is 0.721 bits per heavy atom. The number of carbonyl (C=O) groups is 1. The summed E-state index contributed by atoms with van der Waals surface area (Å²) in [6.45, 7) is 16.8. The summed E-state index contributed by atoms with van der Waals surface area (Å²) in [5.74, 6) is 0.706. The summed E-state index contributed by atoms with van der Waals surface area (Å²) in [4.78, 5) is 10.6. The number of rotatable bonds is 33. The van der Waals surface area contributed by atoms with Crippen molar-refractivity contribution in [3.05, 3.63) is 29.8 Å². The minimum atomic E-state index is -1.45. The fourth-order valence-corrected chi connectivity index (χ4v) is 3.82. The summed E-state index contributed by atoms with van der Waals surface area (Å²) < 4.78 is 60.5. The molecule has 0 spiro atoms. The maximum atomic E-state index is 10.6. The zero-order valence-electron chi connectivity index (χ0n) is 26.4. The van der Waals surface area contributed by atoms with Gasteiger partial charge in [-0.2, -0.15) is 0 Å². The van der Waals surface area contributed by atoms with Crippen LogP contribution in [0.15, 0.2) is 24.3 Å². The Bertz CT molecular complexity index is 733. The smallest absolute Gasteiger partial charge is 0.183 e. The summed E-state index contributed by atoms with van der Waals surface area (Å²) in [6.07, 6.45) is 0.799. The highest BCUT2D eigenvalue weighted by atomic mass is 28.4. The van der Waals surface area contributed by atoms with Crippen LogP contribution in [-0.2, 0) is 47.1 Å². The molecule has 250 valence electrons. The van der Waals surface area contributed by atoms with Crippen LogP contribution in [0.2, 0.25) is 19.6 Å². The highest BCUT2D eigenvalue weighted by Gasteiger charge is 2.13. The van der Waals surface area contributed by atoms with Gasteiger partial charge in [0.05, 0.1) is 126 Å². The van der Waals surface area contributed by atoms with Gasteiger partial charge in [-0.15, -0.1) is 0 Å². The number of hydrogen-bond donors (Lipinski definition) is 0. The third-order valence-electron chi connectivity index (χ3n) is 5.25. The van der Waals surface area contributed by atoms with Crippen LogP contribution in [-0.4, -0.2) is 147 Å². The topological polar surface area (TPSA) is 119 Å². The first-order valence-corrected chi connectivity index (χ1v) is 18.4. The molecule has 0 radical (unpaired) electrons. The Hall–Kier alpha value is -1.49. The largest absolute Gasteiger partial charge is 0.491 e. The van der Waals surface area contributed by atoms with E-state index in [4.69, 9.17) is 51.8 Å². The normalized spacial score (nSPS) is 11.7. The first-order chi connectivity index (χ1) is 21.0. The Labute approximate surface area is 258 Å². The van der Waals surface area contributed by atoms with E-state index in [0.717, 1.165) is 6.29 Å². The van der Waals surface area contributed by atoms with Gasteiger partial charge in [0.1, 0.15) is 18.6 Å². The molecule has 13 heteroatoms. The molecule has 0 aromatic heterocycles. The number of benzene rings is 1. The van der Waals surface area contributed by atoms with Crippen LogP contribution in [0, 0.1) is 0 Å². The molecule has 12 nitrogen and oxygen atoms in total. The Morgan fingerprint density at radius 1 is 0.442 bits per heavy atom. The third-order valence-corrected chi connectivity index (χ3v) is 6.32. The highest BCUT2D eigenvalue weighted by Crippen LogP contribution is 2.10. The van der Waals surface area contributed by atoms with E-state index in [1.54, 1.807) is 24.3 Å². The number of ether oxygens (including phenoxy) is 10. The molecule has 0 aliphatic heterocycles. The van der Waals surface area contributed by atoms with Gasteiger partial charge in [-0.25, -0.2) is 0 Å². The highest BCUT2D eigenvalue weighted by molar-refractivity contribution is 6.69. The summed E-state index contributed by atoms with van der Waals surface area (Å²) in [6, 6.07) is 6.94. The number of carbonyl (C=O) groups excluding carboxylic acids is 1. The van der Waals surface area contributed by atoms with Crippen molar-refractivity contribution in [3.8, 4) is 5.75 Å². The van der Waals surface area contributed by atoms with E-state index in [9.17, 15) is 4.79 Å². The summed E-state index contributed by atoms with van der Waals surface area (Å²) in [7, 11) is -1.45. The number of aldehydes is 1. The predicted molar refractivity (Wildman–Crippen MR) is 164 cm³/mol. The maximum absolute atomic E-state index is 10.6. The lowest BCUT2D eigenvalue weighted by molar-refractivity contribution is -0.0257. The summed E-state index contributed by atoms with van der Waals surface area (Å²) in [5.41, 5.74) is 0.620. The van der Waals surface area contributed by atoms with E-state index >= 15 is 0 Å². The third kappa shape index (κ3) is 29.0. The van der Waals surface area contributed by atoms with Crippen molar-refractivity contribution in [2.45, 2.75) is 19.6 Å². The van der Waals surface area contributed by atoms with E-state index in [0.29, 0.717) is 143 Å². The molecule has 1 aromatic carbocycles. The molecule has 0 N–H and O–H groups in total. The van der Waals surface area contributed by atoms with Gasteiger partial charge in [-0.05, 0) is 43.9 Å². The van der Waals surface area contributed by atoms with Crippen LogP contribution >= 0.6 is 0 Å². The molecule has 0 amide bonds. The molecule has 0 saturated heterocycles. The van der Waals surface area contributed by atoms with Crippen LogP contribution in [0.25, 0.3) is 0 Å². The second kappa shape index (κ2) is 29.2. The fraction of sp³-hybridized carbons (Fsp3) is 0.767. The Morgan fingerprint density at radius 3 is 1.00 bits per heavy atom. The van der Waals surface area contributed by atoms with Crippen LogP contribution in [0.5, 0.6) is 5.75 Å². The van der Waals surface area contributed by atoms with Gasteiger partial charge in [0, 0.05) is 5.56 Å². The molecule has 0 heterocycles. The molecule has 0 unspecified atom stereocenters. The second-order valence-electron chi connectivity index (χ2n) is 10.0. The predicted octanol–water partition coefficient (Wildman–Crippen LogP) is 2.88. The van der Waals surface area contributed by atoms with Crippen molar-refractivity contribution in [1.29, 1.82) is 0 Å². The quantitative estimate of drug-likeness (QED) is 0.0643. The van der Waals surface area contributed by atoms with E-state index in [-0.39, 0.29) is 0 Å². The Kier molecular flexibility index (Phi) is 26.9. The molecule has 0 saturated carbocycles. The average molecular weight is 635 g/mol. The van der Waals surface area contributed by atoms with E-state index in [1.807, 2.05) is 0 Å². The van der Waals surface area contributed by atoms with Gasteiger partial charge in [0.2, 0.25) is 0 Å². The minimum Gasteiger partial charge on any atom is -0.491 e. The van der Waals surface area contributed by atoms with Crippen LogP contribution in [0.3, 0.4) is 0 Å². The Balaban J connectivity index is 1.65. The molecule has 0 atom stereocenters. The zero-order valence-corrected chi connectivity index (χ0v) is 27.4. The molecular weight excluding hydrogens is 580 g/mol. The monoisotopic (exact) mass is 634 g/mol. The lowest BCUT2D eigenvalue weighted by atomic mass is 10.2. The first-order valence-electron chi connectivity index (χ1n) is 15.0. The molecule has 1 rings (SSSR count). The lowest BCUT2D eigenvalue weighted by Gasteiger charge is -2.16. The molecule has 0 fully saturated rings. The first kappa shape index (κ1) is 39.5. The molecule has 1 aromatic rings. The van der Waals surface area contributed by atoms with Gasteiger partial charge in [-0.1, -0.05) is 0 Å². The van der Waals surface area contributed by atoms with Gasteiger partial charge in [0.15, 0.2) is 8.32 Å². The van der Waals surface area contributed by atoms with Crippen LogP contribution in [0.4, 0.5) is 0 Å². The summed E-state index contributed by atoms with van der Waals surface area (Å²) >= 11 is 0. The minimum absolute atomic E-state index is 0.433. The second-order valence-corrected chi connectivity index (χ2v) is 14.5. The zero-order chi connectivity index (χ0) is 31.1. The van der Waals surface area contributed by atoms with Crippen molar-refractivity contribution in [2.24, 2.45) is 0 Å².